The van der Waals surface area contributed by atoms with Crippen LogP contribution in [-0.4, -0.2) is 35.5 Å². The van der Waals surface area contributed by atoms with E-state index in [-0.39, 0.29) is 17.4 Å². The maximum atomic E-state index is 13.6. The predicted octanol–water partition coefficient (Wildman–Crippen LogP) is 2.35. The van der Waals surface area contributed by atoms with Crippen LogP contribution in [0.15, 0.2) is 18.2 Å². The molecule has 0 spiro atoms. The van der Waals surface area contributed by atoms with Crippen LogP contribution >= 0.6 is 11.6 Å². The molecule has 1 unspecified atom stereocenters. The lowest BCUT2D eigenvalue weighted by molar-refractivity contribution is -0.157. The van der Waals surface area contributed by atoms with Crippen LogP contribution in [0.25, 0.3) is 0 Å². The van der Waals surface area contributed by atoms with Gasteiger partial charge in [0.2, 0.25) is 11.8 Å². The normalized spacial score (nSPS) is 21.8. The summed E-state index contributed by atoms with van der Waals surface area (Å²) < 4.78 is 13.6. The van der Waals surface area contributed by atoms with Gasteiger partial charge in [0.25, 0.3) is 0 Å². The molecule has 1 saturated heterocycles. The van der Waals surface area contributed by atoms with Crippen LogP contribution in [0.2, 0.25) is 5.02 Å². The number of carbonyl (C=O) groups excluding carboxylic acids is 2. The molecule has 1 aliphatic heterocycles. The average molecular weight is 369 g/mol. The van der Waals surface area contributed by atoms with Gasteiger partial charge >= 0.3 is 5.97 Å². The maximum Gasteiger partial charge on any atom is 0.310 e. The van der Waals surface area contributed by atoms with E-state index < -0.39 is 29.2 Å². The molecular formula is C17H18ClFN2O4. The zero-order chi connectivity index (χ0) is 18.2. The first-order valence-corrected chi connectivity index (χ1v) is 8.49. The fourth-order valence-corrected chi connectivity index (χ4v) is 3.46. The third-order valence-corrected chi connectivity index (χ3v) is 5.33. The number of rotatable bonds is 5. The minimum atomic E-state index is -0.995. The number of carboxylic acids is 1. The number of carboxylic acid groups (broad SMARTS) is 1. The number of hydrogen-bond donors (Lipinski definition) is 2. The van der Waals surface area contributed by atoms with Crippen molar-refractivity contribution in [3.05, 3.63) is 29.0 Å². The third kappa shape index (κ3) is 3.33. The Kier molecular flexibility index (Phi) is 4.69. The van der Waals surface area contributed by atoms with Gasteiger partial charge in [-0.1, -0.05) is 18.0 Å². The summed E-state index contributed by atoms with van der Waals surface area (Å²) in [5.41, 5.74) is -0.616. The molecule has 3 rings (SSSR count). The minimum Gasteiger partial charge on any atom is -0.481 e. The summed E-state index contributed by atoms with van der Waals surface area (Å²) in [5.74, 6) is -2.37. The molecule has 1 heterocycles. The monoisotopic (exact) mass is 368 g/mol. The summed E-state index contributed by atoms with van der Waals surface area (Å²) in [6.07, 6.45) is 2.00. The Morgan fingerprint density at radius 1 is 1.40 bits per heavy atom. The van der Waals surface area contributed by atoms with Crippen molar-refractivity contribution in [2.75, 3.05) is 11.4 Å². The van der Waals surface area contributed by atoms with Gasteiger partial charge in [-0.3, -0.25) is 14.4 Å². The van der Waals surface area contributed by atoms with Crippen molar-refractivity contribution in [2.45, 2.75) is 38.1 Å². The Labute approximate surface area is 148 Å². The van der Waals surface area contributed by atoms with Gasteiger partial charge in [0.05, 0.1) is 10.4 Å². The second kappa shape index (κ2) is 6.63. The number of amides is 2. The number of nitrogens with zero attached hydrogens (tertiary/aromatic N) is 1. The summed E-state index contributed by atoms with van der Waals surface area (Å²) >= 11 is 5.64. The van der Waals surface area contributed by atoms with E-state index in [9.17, 15) is 23.9 Å². The molecule has 1 aromatic carbocycles. The van der Waals surface area contributed by atoms with E-state index in [1.165, 1.54) is 17.0 Å². The molecule has 6 nitrogen and oxygen atoms in total. The van der Waals surface area contributed by atoms with Crippen molar-refractivity contribution in [3.63, 3.8) is 0 Å². The minimum absolute atomic E-state index is 0.0280. The molecule has 25 heavy (non-hydrogen) atoms. The molecular weight excluding hydrogens is 351 g/mol. The van der Waals surface area contributed by atoms with Gasteiger partial charge in [-0.05, 0) is 37.5 Å². The number of carbonyl (C=O) groups is 3. The lowest BCUT2D eigenvalue weighted by Gasteiger charge is -2.37. The Morgan fingerprint density at radius 3 is 2.68 bits per heavy atom. The summed E-state index contributed by atoms with van der Waals surface area (Å²) in [5, 5.41) is 11.9. The number of aliphatic carboxylic acids is 1. The first-order chi connectivity index (χ1) is 11.8. The SMILES string of the molecule is O=C(CC1(C(=O)O)CCC1)NC1CCN(c2ccc(Cl)c(F)c2)C1=O. The molecule has 0 aromatic heterocycles. The Hall–Kier alpha value is -2.15. The Morgan fingerprint density at radius 2 is 2.12 bits per heavy atom. The van der Waals surface area contributed by atoms with E-state index in [1.807, 2.05) is 0 Å². The summed E-state index contributed by atoms with van der Waals surface area (Å²) in [6.45, 7) is 0.342. The lowest BCUT2D eigenvalue weighted by Crippen LogP contribution is -2.46. The molecule has 1 aliphatic carbocycles. The molecule has 134 valence electrons. The summed E-state index contributed by atoms with van der Waals surface area (Å²) in [7, 11) is 0. The van der Waals surface area contributed by atoms with Gasteiger partial charge in [-0.2, -0.15) is 0 Å². The zero-order valence-corrected chi connectivity index (χ0v) is 14.2. The van der Waals surface area contributed by atoms with Crippen LogP contribution in [0.5, 0.6) is 0 Å². The highest BCUT2D eigenvalue weighted by molar-refractivity contribution is 6.30. The number of halogens is 2. The highest BCUT2D eigenvalue weighted by Crippen LogP contribution is 2.44. The van der Waals surface area contributed by atoms with E-state index in [2.05, 4.69) is 5.32 Å². The smallest absolute Gasteiger partial charge is 0.310 e. The molecule has 8 heteroatoms. The van der Waals surface area contributed by atoms with E-state index in [0.717, 1.165) is 6.42 Å². The van der Waals surface area contributed by atoms with Gasteiger partial charge < -0.3 is 15.3 Å². The van der Waals surface area contributed by atoms with Crippen molar-refractivity contribution < 1.29 is 23.9 Å². The molecule has 0 bridgehead atoms. The van der Waals surface area contributed by atoms with E-state index in [4.69, 9.17) is 11.6 Å². The highest BCUT2D eigenvalue weighted by Gasteiger charge is 2.46. The average Bonchev–Trinajstić information content (AvgIpc) is 2.86. The van der Waals surface area contributed by atoms with Crippen LogP contribution < -0.4 is 10.2 Å². The van der Waals surface area contributed by atoms with Crippen LogP contribution in [0.3, 0.4) is 0 Å². The van der Waals surface area contributed by atoms with Gasteiger partial charge in [0.1, 0.15) is 11.9 Å². The lowest BCUT2D eigenvalue weighted by atomic mass is 9.66. The standard InChI is InChI=1S/C17H18ClFN2O4/c18-11-3-2-10(8-12(11)19)21-7-4-13(15(21)23)20-14(22)9-17(16(24)25)5-1-6-17/h2-3,8,13H,1,4-7,9H2,(H,20,22)(H,24,25). The largest absolute Gasteiger partial charge is 0.481 e. The Balaban J connectivity index is 1.63. The van der Waals surface area contributed by atoms with Gasteiger partial charge in [-0.25, -0.2) is 4.39 Å². The van der Waals surface area contributed by atoms with Crippen LogP contribution in [0.1, 0.15) is 32.1 Å². The molecule has 2 aliphatic rings. The van der Waals surface area contributed by atoms with Gasteiger partial charge in [0, 0.05) is 18.7 Å². The molecule has 1 atom stereocenters. The second-order valence-electron chi connectivity index (χ2n) is 6.61. The fraction of sp³-hybridized carbons (Fsp3) is 0.471. The van der Waals surface area contributed by atoms with Crippen molar-refractivity contribution in [3.8, 4) is 0 Å². The van der Waals surface area contributed by atoms with Crippen molar-refractivity contribution >= 4 is 35.1 Å². The van der Waals surface area contributed by atoms with E-state index in [0.29, 0.717) is 31.5 Å². The first-order valence-electron chi connectivity index (χ1n) is 8.12. The second-order valence-corrected chi connectivity index (χ2v) is 7.02. The molecule has 2 fully saturated rings. The molecule has 0 radical (unpaired) electrons. The van der Waals surface area contributed by atoms with E-state index >= 15 is 0 Å². The number of hydrogen-bond acceptors (Lipinski definition) is 3. The number of anilines is 1. The number of benzene rings is 1. The highest BCUT2D eigenvalue weighted by atomic mass is 35.5. The van der Waals surface area contributed by atoms with Gasteiger partial charge in [0.15, 0.2) is 0 Å². The molecule has 1 aromatic rings. The molecule has 2 amide bonds. The maximum absolute atomic E-state index is 13.6. The summed E-state index contributed by atoms with van der Waals surface area (Å²) in [4.78, 5) is 37.4. The fourth-order valence-electron chi connectivity index (χ4n) is 3.35. The number of nitrogens with one attached hydrogen (secondary N) is 1. The first kappa shape index (κ1) is 17.7. The van der Waals surface area contributed by atoms with Crippen molar-refractivity contribution in [2.24, 2.45) is 5.41 Å². The van der Waals surface area contributed by atoms with Crippen LogP contribution in [0.4, 0.5) is 10.1 Å². The van der Waals surface area contributed by atoms with Crippen LogP contribution in [-0.2, 0) is 14.4 Å². The predicted molar refractivity (Wildman–Crippen MR) is 88.8 cm³/mol. The topological polar surface area (TPSA) is 86.7 Å². The van der Waals surface area contributed by atoms with Gasteiger partial charge in [-0.15, -0.1) is 0 Å². The van der Waals surface area contributed by atoms with E-state index in [1.54, 1.807) is 6.07 Å². The third-order valence-electron chi connectivity index (χ3n) is 5.02. The molecule has 2 N–H and O–H groups in total. The Bertz CT molecular complexity index is 735. The summed E-state index contributed by atoms with van der Waals surface area (Å²) in [6, 6.07) is 3.37. The zero-order valence-electron chi connectivity index (χ0n) is 13.4. The quantitative estimate of drug-likeness (QED) is 0.835. The van der Waals surface area contributed by atoms with Crippen molar-refractivity contribution in [1.82, 2.24) is 5.32 Å². The molecule has 1 saturated carbocycles. The van der Waals surface area contributed by atoms with Crippen molar-refractivity contribution in [1.29, 1.82) is 0 Å². The van der Waals surface area contributed by atoms with Crippen LogP contribution in [0, 0.1) is 11.2 Å².